The fourth-order valence-electron chi connectivity index (χ4n) is 3.15. The van der Waals surface area contributed by atoms with Gasteiger partial charge in [-0.15, -0.1) is 0 Å². The number of fused-ring (bicyclic) bond motifs is 1. The maximum absolute atomic E-state index is 12.4. The Bertz CT molecular complexity index is 888. The minimum Gasteiger partial charge on any atom is -0.367 e. The van der Waals surface area contributed by atoms with Crippen molar-refractivity contribution in [3.8, 4) is 11.4 Å². The van der Waals surface area contributed by atoms with E-state index in [9.17, 15) is 9.59 Å². The van der Waals surface area contributed by atoms with Crippen molar-refractivity contribution in [2.24, 2.45) is 7.05 Å². The van der Waals surface area contributed by atoms with Crippen molar-refractivity contribution in [3.63, 3.8) is 0 Å². The summed E-state index contributed by atoms with van der Waals surface area (Å²) < 4.78 is 1.73. The molecule has 3 heterocycles. The molecule has 1 aliphatic carbocycles. The van der Waals surface area contributed by atoms with Gasteiger partial charge in [-0.3, -0.25) is 14.3 Å². The number of amides is 2. The molecule has 0 unspecified atom stereocenters. The van der Waals surface area contributed by atoms with E-state index in [1.165, 1.54) is 6.92 Å². The van der Waals surface area contributed by atoms with Crippen molar-refractivity contribution in [1.29, 1.82) is 0 Å². The van der Waals surface area contributed by atoms with Gasteiger partial charge >= 0.3 is 0 Å². The van der Waals surface area contributed by atoms with Crippen LogP contribution in [0.1, 0.15) is 31.0 Å². The predicted octanol–water partition coefficient (Wildman–Crippen LogP) is 0.472. The van der Waals surface area contributed by atoms with Gasteiger partial charge in [-0.05, 0) is 12.8 Å². The van der Waals surface area contributed by atoms with Crippen molar-refractivity contribution >= 4 is 17.6 Å². The van der Waals surface area contributed by atoms with Crippen LogP contribution in [-0.2, 0) is 29.6 Å². The number of carbonyl (C=O) groups excluding carboxylic acids is 2. The second-order valence-electron chi connectivity index (χ2n) is 7.12. The van der Waals surface area contributed by atoms with Crippen LogP contribution in [0.15, 0.2) is 12.4 Å². The van der Waals surface area contributed by atoms with Crippen molar-refractivity contribution in [2.45, 2.75) is 38.8 Å². The van der Waals surface area contributed by atoms with Crippen LogP contribution in [0.25, 0.3) is 11.4 Å². The summed E-state index contributed by atoms with van der Waals surface area (Å²) in [6.45, 7) is 2.46. The number of nitrogens with one attached hydrogen (secondary N) is 2. The molecule has 4 rings (SSSR count). The van der Waals surface area contributed by atoms with Gasteiger partial charge in [0, 0.05) is 44.7 Å². The first-order valence-corrected chi connectivity index (χ1v) is 9.17. The number of anilines is 1. The fraction of sp³-hybridized carbons (Fsp3) is 0.500. The lowest BCUT2D eigenvalue weighted by atomic mass is 10.1. The SMILES string of the molecule is CC(=O)NCC(=O)N1CCc2nc(-c3cnn(C)c3)nc(NC3CC3)c2C1. The molecule has 2 aliphatic rings. The molecule has 1 saturated carbocycles. The van der Waals surface area contributed by atoms with Crippen molar-refractivity contribution in [1.82, 2.24) is 30.0 Å². The van der Waals surface area contributed by atoms with Gasteiger partial charge in [0.05, 0.1) is 30.5 Å². The van der Waals surface area contributed by atoms with Gasteiger partial charge in [0.2, 0.25) is 11.8 Å². The molecule has 9 heteroatoms. The molecule has 2 N–H and O–H groups in total. The Balaban J connectivity index is 1.61. The molecule has 2 aromatic heterocycles. The molecule has 27 heavy (non-hydrogen) atoms. The van der Waals surface area contributed by atoms with Gasteiger partial charge in [0.1, 0.15) is 5.82 Å². The lowest BCUT2D eigenvalue weighted by Crippen LogP contribution is -2.42. The molecule has 9 nitrogen and oxygen atoms in total. The number of carbonyl (C=O) groups is 2. The van der Waals surface area contributed by atoms with Crippen LogP contribution in [0.3, 0.4) is 0 Å². The maximum atomic E-state index is 12.4. The Hall–Kier alpha value is -2.97. The maximum Gasteiger partial charge on any atom is 0.242 e. The second kappa shape index (κ2) is 6.98. The standard InChI is InChI=1S/C18H23N7O2/c1-11(26)19-8-16(27)25-6-5-15-14(10-25)18(21-13-3-4-13)23-17(22-15)12-7-20-24(2)9-12/h7,9,13H,3-6,8,10H2,1-2H3,(H,19,26)(H,21,22,23). The molecule has 0 radical (unpaired) electrons. The first kappa shape index (κ1) is 17.4. The molecule has 0 bridgehead atoms. The van der Waals surface area contributed by atoms with Crippen molar-refractivity contribution in [3.05, 3.63) is 23.7 Å². The number of aryl methyl sites for hydroxylation is 1. The van der Waals surface area contributed by atoms with E-state index >= 15 is 0 Å². The average molecular weight is 369 g/mol. The Morgan fingerprint density at radius 1 is 1.30 bits per heavy atom. The van der Waals surface area contributed by atoms with Crippen molar-refractivity contribution < 1.29 is 9.59 Å². The third-order valence-corrected chi connectivity index (χ3v) is 4.78. The summed E-state index contributed by atoms with van der Waals surface area (Å²) in [6.07, 6.45) is 6.58. The highest BCUT2D eigenvalue weighted by Gasteiger charge is 2.29. The lowest BCUT2D eigenvalue weighted by molar-refractivity contribution is -0.133. The zero-order valence-corrected chi connectivity index (χ0v) is 15.5. The van der Waals surface area contributed by atoms with E-state index in [2.05, 4.69) is 15.7 Å². The van der Waals surface area contributed by atoms with E-state index < -0.39 is 0 Å². The van der Waals surface area contributed by atoms with Gasteiger partial charge in [-0.2, -0.15) is 5.10 Å². The van der Waals surface area contributed by atoms with E-state index in [-0.39, 0.29) is 18.4 Å². The summed E-state index contributed by atoms with van der Waals surface area (Å²) in [5.74, 6) is 1.16. The van der Waals surface area contributed by atoms with E-state index in [0.717, 1.165) is 35.5 Å². The predicted molar refractivity (Wildman–Crippen MR) is 98.7 cm³/mol. The minimum absolute atomic E-state index is 0.0185. The Kier molecular flexibility index (Phi) is 4.51. The van der Waals surface area contributed by atoms with E-state index in [0.29, 0.717) is 31.4 Å². The van der Waals surface area contributed by atoms with E-state index in [1.807, 2.05) is 13.2 Å². The Labute approximate surface area is 157 Å². The van der Waals surface area contributed by atoms with E-state index in [4.69, 9.17) is 9.97 Å². The molecule has 0 aromatic carbocycles. The lowest BCUT2D eigenvalue weighted by Gasteiger charge is -2.30. The van der Waals surface area contributed by atoms with Crippen LogP contribution >= 0.6 is 0 Å². The van der Waals surface area contributed by atoms with Crippen LogP contribution in [0.2, 0.25) is 0 Å². The first-order valence-electron chi connectivity index (χ1n) is 9.17. The van der Waals surface area contributed by atoms with E-state index in [1.54, 1.807) is 15.8 Å². The van der Waals surface area contributed by atoms with Gasteiger partial charge in [-0.25, -0.2) is 9.97 Å². The summed E-state index contributed by atoms with van der Waals surface area (Å²) in [4.78, 5) is 34.7. The number of rotatable bonds is 5. The highest BCUT2D eigenvalue weighted by atomic mass is 16.2. The third-order valence-electron chi connectivity index (χ3n) is 4.78. The second-order valence-corrected chi connectivity index (χ2v) is 7.12. The molecular formula is C18H23N7O2. The normalized spacial score (nSPS) is 16.0. The summed E-state index contributed by atoms with van der Waals surface area (Å²) >= 11 is 0. The number of aromatic nitrogens is 4. The summed E-state index contributed by atoms with van der Waals surface area (Å²) in [6, 6.07) is 0.441. The zero-order valence-electron chi connectivity index (χ0n) is 15.5. The topological polar surface area (TPSA) is 105 Å². The number of hydrogen-bond donors (Lipinski definition) is 2. The summed E-state index contributed by atoms with van der Waals surface area (Å²) in [5, 5.41) is 10.3. The molecular weight excluding hydrogens is 346 g/mol. The van der Waals surface area contributed by atoms with Gasteiger partial charge < -0.3 is 15.5 Å². The van der Waals surface area contributed by atoms with Crippen molar-refractivity contribution in [2.75, 3.05) is 18.4 Å². The molecule has 0 spiro atoms. The van der Waals surface area contributed by atoms with Crippen LogP contribution < -0.4 is 10.6 Å². The molecule has 1 aliphatic heterocycles. The fourth-order valence-corrected chi connectivity index (χ4v) is 3.15. The monoisotopic (exact) mass is 369 g/mol. The highest BCUT2D eigenvalue weighted by Crippen LogP contribution is 2.31. The highest BCUT2D eigenvalue weighted by molar-refractivity contribution is 5.84. The van der Waals surface area contributed by atoms with Crippen LogP contribution in [0, 0.1) is 0 Å². The van der Waals surface area contributed by atoms with Crippen LogP contribution in [0.5, 0.6) is 0 Å². The molecule has 1 fully saturated rings. The molecule has 2 aromatic rings. The summed E-state index contributed by atoms with van der Waals surface area (Å²) in [7, 11) is 1.86. The Morgan fingerprint density at radius 2 is 2.11 bits per heavy atom. The Morgan fingerprint density at radius 3 is 2.78 bits per heavy atom. The average Bonchev–Trinajstić information content (AvgIpc) is 3.36. The molecule has 142 valence electrons. The summed E-state index contributed by atoms with van der Waals surface area (Å²) in [5.41, 5.74) is 2.82. The third kappa shape index (κ3) is 3.91. The minimum atomic E-state index is -0.207. The smallest absolute Gasteiger partial charge is 0.242 e. The van der Waals surface area contributed by atoms with Gasteiger partial charge in [0.15, 0.2) is 5.82 Å². The quantitative estimate of drug-likeness (QED) is 0.794. The number of nitrogens with zero attached hydrogens (tertiary/aromatic N) is 5. The van der Waals surface area contributed by atoms with Gasteiger partial charge in [-0.1, -0.05) is 0 Å². The largest absolute Gasteiger partial charge is 0.367 e. The van der Waals surface area contributed by atoms with Crippen LogP contribution in [0.4, 0.5) is 5.82 Å². The van der Waals surface area contributed by atoms with Gasteiger partial charge in [0.25, 0.3) is 0 Å². The number of hydrogen-bond acceptors (Lipinski definition) is 6. The molecule has 0 atom stereocenters. The molecule has 2 amide bonds. The zero-order chi connectivity index (χ0) is 19.0. The first-order chi connectivity index (χ1) is 13.0. The van der Waals surface area contributed by atoms with Crippen LogP contribution in [-0.4, -0.2) is 55.6 Å². The molecule has 0 saturated heterocycles.